The van der Waals surface area contributed by atoms with E-state index >= 15 is 0 Å². The van der Waals surface area contributed by atoms with Crippen molar-refractivity contribution in [3.63, 3.8) is 0 Å². The molecule has 0 radical (unpaired) electrons. The maximum atomic E-state index is 13.0. The molecule has 1 aromatic heterocycles. The van der Waals surface area contributed by atoms with Crippen LogP contribution in [0.15, 0.2) is 36.7 Å². The Balaban J connectivity index is 1.80. The van der Waals surface area contributed by atoms with E-state index in [-0.39, 0.29) is 23.7 Å². The van der Waals surface area contributed by atoms with Crippen LogP contribution in [0.2, 0.25) is 0 Å². The van der Waals surface area contributed by atoms with Crippen molar-refractivity contribution in [2.75, 3.05) is 27.2 Å². The zero-order chi connectivity index (χ0) is 17.3. The van der Waals surface area contributed by atoms with Crippen LogP contribution in [0.25, 0.3) is 0 Å². The summed E-state index contributed by atoms with van der Waals surface area (Å²) in [5.74, 6) is -0.520. The van der Waals surface area contributed by atoms with Crippen molar-refractivity contribution < 1.29 is 12.8 Å². The molecule has 1 aromatic carbocycles. The van der Waals surface area contributed by atoms with E-state index < -0.39 is 10.0 Å². The van der Waals surface area contributed by atoms with Gasteiger partial charge in [0.05, 0.1) is 18.0 Å². The predicted molar refractivity (Wildman–Crippen MR) is 87.1 cm³/mol. The van der Waals surface area contributed by atoms with Crippen LogP contribution in [0.3, 0.4) is 0 Å². The molecule has 2 heterocycles. The van der Waals surface area contributed by atoms with Crippen molar-refractivity contribution in [2.45, 2.75) is 17.8 Å². The molecule has 24 heavy (non-hydrogen) atoms. The Bertz CT molecular complexity index is 777. The van der Waals surface area contributed by atoms with Crippen molar-refractivity contribution in [3.05, 3.63) is 48.0 Å². The lowest BCUT2D eigenvalue weighted by Crippen LogP contribution is -2.37. The van der Waals surface area contributed by atoms with Crippen LogP contribution in [0, 0.1) is 5.82 Å². The molecule has 0 amide bonds. The molecule has 0 aliphatic carbocycles. The molecule has 2 atom stereocenters. The number of likely N-dealkylation sites (N-methyl/N-ethyl adjacent to an activating group) is 1. The van der Waals surface area contributed by atoms with E-state index in [4.69, 9.17) is 0 Å². The van der Waals surface area contributed by atoms with Gasteiger partial charge in [-0.15, -0.1) is 5.10 Å². The van der Waals surface area contributed by atoms with E-state index in [2.05, 4.69) is 10.3 Å². The minimum absolute atomic E-state index is 0.00897. The molecule has 9 heteroatoms. The van der Waals surface area contributed by atoms with Gasteiger partial charge in [-0.25, -0.2) is 17.5 Å². The average molecular weight is 353 g/mol. The van der Waals surface area contributed by atoms with Gasteiger partial charge in [0.1, 0.15) is 5.82 Å². The summed E-state index contributed by atoms with van der Waals surface area (Å²) in [7, 11) is 0.349. The lowest BCUT2D eigenvalue weighted by Gasteiger charge is -2.24. The van der Waals surface area contributed by atoms with Gasteiger partial charge in [-0.1, -0.05) is 17.3 Å². The lowest BCUT2D eigenvalue weighted by atomic mass is 10.1. The molecule has 1 aliphatic heterocycles. The highest BCUT2D eigenvalue weighted by Gasteiger charge is 2.41. The molecule has 0 bridgehead atoms. The summed E-state index contributed by atoms with van der Waals surface area (Å²) >= 11 is 0. The molecule has 7 nitrogen and oxygen atoms in total. The molecule has 1 saturated heterocycles. The van der Waals surface area contributed by atoms with Crippen LogP contribution >= 0.6 is 0 Å². The molecule has 0 saturated carbocycles. The molecule has 130 valence electrons. The summed E-state index contributed by atoms with van der Waals surface area (Å²) < 4.78 is 41.7. The smallest absolute Gasteiger partial charge is 0.218 e. The highest BCUT2D eigenvalue weighted by Crippen LogP contribution is 2.28. The van der Waals surface area contributed by atoms with Gasteiger partial charge in [0.2, 0.25) is 10.0 Å². The number of rotatable bonds is 5. The third-order valence-corrected chi connectivity index (χ3v) is 6.11. The summed E-state index contributed by atoms with van der Waals surface area (Å²) in [6.07, 6.45) is 3.33. The van der Waals surface area contributed by atoms with Crippen LogP contribution in [0.1, 0.15) is 11.6 Å². The van der Waals surface area contributed by atoms with Gasteiger partial charge in [0.25, 0.3) is 0 Å². The van der Waals surface area contributed by atoms with Gasteiger partial charge in [-0.2, -0.15) is 4.31 Å². The van der Waals surface area contributed by atoms with Gasteiger partial charge >= 0.3 is 0 Å². The van der Waals surface area contributed by atoms with Gasteiger partial charge in [-0.05, 0) is 31.8 Å². The molecule has 0 N–H and O–H groups in total. The third kappa shape index (κ3) is 3.47. The summed E-state index contributed by atoms with van der Waals surface area (Å²) in [5, 5.41) is 7.83. The normalized spacial score (nSPS) is 22.3. The van der Waals surface area contributed by atoms with Crippen molar-refractivity contribution in [3.8, 4) is 0 Å². The van der Waals surface area contributed by atoms with Crippen LogP contribution in [0.4, 0.5) is 4.39 Å². The van der Waals surface area contributed by atoms with E-state index in [0.717, 1.165) is 0 Å². The van der Waals surface area contributed by atoms with E-state index in [9.17, 15) is 12.8 Å². The quantitative estimate of drug-likeness (QED) is 0.793. The Morgan fingerprint density at radius 1 is 1.25 bits per heavy atom. The molecule has 1 aliphatic rings. The number of hydrogen-bond acceptors (Lipinski definition) is 5. The number of aromatic nitrogens is 3. The molecular weight excluding hydrogens is 333 g/mol. The number of nitrogens with zero attached hydrogens (tertiary/aromatic N) is 5. The Hall–Kier alpha value is -1.84. The van der Waals surface area contributed by atoms with E-state index in [1.165, 1.54) is 28.6 Å². The van der Waals surface area contributed by atoms with Crippen molar-refractivity contribution in [1.82, 2.24) is 24.2 Å². The van der Waals surface area contributed by atoms with Crippen LogP contribution in [0.5, 0.6) is 0 Å². The van der Waals surface area contributed by atoms with Crippen LogP contribution < -0.4 is 0 Å². The Kier molecular flexibility index (Phi) is 4.66. The molecule has 2 aromatic rings. The second-order valence-electron chi connectivity index (χ2n) is 6.18. The average Bonchev–Trinajstić information content (AvgIpc) is 3.18. The topological polar surface area (TPSA) is 71.3 Å². The van der Waals surface area contributed by atoms with E-state index in [0.29, 0.717) is 18.7 Å². The fourth-order valence-electron chi connectivity index (χ4n) is 3.01. The van der Waals surface area contributed by atoms with Gasteiger partial charge in [0.15, 0.2) is 0 Å². The summed E-state index contributed by atoms with van der Waals surface area (Å²) in [6.45, 7) is 0.733. The van der Waals surface area contributed by atoms with Crippen LogP contribution in [-0.2, 0) is 15.8 Å². The van der Waals surface area contributed by atoms with Gasteiger partial charge in [0, 0.05) is 25.3 Å². The monoisotopic (exact) mass is 353 g/mol. The number of halogens is 1. The first-order valence-electron chi connectivity index (χ1n) is 7.61. The lowest BCUT2D eigenvalue weighted by molar-refractivity contribution is 0.242. The predicted octanol–water partition coefficient (Wildman–Crippen LogP) is 0.734. The minimum atomic E-state index is -3.49. The first-order chi connectivity index (χ1) is 11.4. The maximum absolute atomic E-state index is 13.0. The zero-order valence-electron chi connectivity index (χ0n) is 13.6. The summed E-state index contributed by atoms with van der Waals surface area (Å²) in [4.78, 5) is 2.00. The van der Waals surface area contributed by atoms with Gasteiger partial charge < -0.3 is 4.90 Å². The largest absolute Gasteiger partial charge is 0.303 e. The zero-order valence-corrected chi connectivity index (χ0v) is 14.4. The molecule has 1 fully saturated rings. The third-order valence-electron chi connectivity index (χ3n) is 4.33. The Labute approximate surface area is 140 Å². The minimum Gasteiger partial charge on any atom is -0.303 e. The first kappa shape index (κ1) is 17.0. The van der Waals surface area contributed by atoms with Crippen molar-refractivity contribution in [2.24, 2.45) is 0 Å². The Morgan fingerprint density at radius 2 is 1.96 bits per heavy atom. The molecular formula is C15H20FN5O2S. The second kappa shape index (κ2) is 6.58. The Morgan fingerprint density at radius 3 is 2.54 bits per heavy atom. The first-order valence-corrected chi connectivity index (χ1v) is 9.22. The highest BCUT2D eigenvalue weighted by atomic mass is 32.2. The maximum Gasteiger partial charge on any atom is 0.218 e. The number of benzene rings is 1. The van der Waals surface area contributed by atoms with Crippen molar-refractivity contribution in [1.29, 1.82) is 0 Å². The number of sulfonamides is 1. The van der Waals surface area contributed by atoms with Gasteiger partial charge in [-0.3, -0.25) is 0 Å². The van der Waals surface area contributed by atoms with Crippen molar-refractivity contribution >= 4 is 10.0 Å². The van der Waals surface area contributed by atoms with E-state index in [1.807, 2.05) is 19.0 Å². The highest BCUT2D eigenvalue weighted by molar-refractivity contribution is 7.88. The van der Waals surface area contributed by atoms with Crippen LogP contribution in [-0.4, -0.2) is 65.8 Å². The molecule has 0 spiro atoms. The fourth-order valence-corrected chi connectivity index (χ4v) is 4.56. The summed E-state index contributed by atoms with van der Waals surface area (Å²) in [5.41, 5.74) is 0.571. The number of hydrogen-bond donors (Lipinski definition) is 0. The second-order valence-corrected chi connectivity index (χ2v) is 8.15. The fraction of sp³-hybridized carbons (Fsp3) is 0.467. The summed E-state index contributed by atoms with van der Waals surface area (Å²) in [6, 6.07) is 5.47. The molecule has 3 rings (SSSR count). The SMILES string of the molecule is CN(C)[C@@H]1CN(S(=O)(=O)Cc2ccc(F)cc2)C[C@@H]1n1ccnn1. The standard InChI is InChI=1S/C15H20FN5O2S/c1-19(2)14-9-20(10-15(14)21-8-7-17-18-21)24(22,23)11-12-3-5-13(16)6-4-12/h3-8,14-15H,9-11H2,1-2H3/t14-,15+/m1/s1. The van der Waals surface area contributed by atoms with E-state index in [1.54, 1.807) is 17.1 Å². The molecule has 0 unspecified atom stereocenters.